The predicted octanol–water partition coefficient (Wildman–Crippen LogP) is 3.70. The maximum atomic E-state index is 14.6. The first kappa shape index (κ1) is 11.1. The highest BCUT2D eigenvalue weighted by Gasteiger charge is 2.63. The molecule has 3 unspecified atom stereocenters. The predicted molar refractivity (Wildman–Crippen MR) is 56.9 cm³/mol. The summed E-state index contributed by atoms with van der Waals surface area (Å²) < 4.78 is 42.0. The molecule has 2 nitrogen and oxygen atoms in total. The number of hydrogen-bond acceptors (Lipinski definition) is 1. The van der Waals surface area contributed by atoms with E-state index in [0.29, 0.717) is 17.7 Å². The second-order valence-electron chi connectivity index (χ2n) is 5.51. The van der Waals surface area contributed by atoms with Gasteiger partial charge in [-0.1, -0.05) is 0 Å². The van der Waals surface area contributed by atoms with Gasteiger partial charge in [0, 0.05) is 17.5 Å². The molecule has 1 fully saturated rings. The fourth-order valence-electron chi connectivity index (χ4n) is 3.14. The van der Waals surface area contributed by atoms with Crippen molar-refractivity contribution in [3.8, 4) is 0 Å². The molecule has 17 heavy (non-hydrogen) atoms. The summed E-state index contributed by atoms with van der Waals surface area (Å²) >= 11 is 0. The summed E-state index contributed by atoms with van der Waals surface area (Å²) in [5, 5.41) is 3.93. The Labute approximate surface area is 97.8 Å². The molecule has 1 aromatic rings. The Bertz CT molecular complexity index is 476. The molecule has 0 amide bonds. The van der Waals surface area contributed by atoms with E-state index in [2.05, 4.69) is 5.10 Å². The van der Waals surface area contributed by atoms with E-state index < -0.39 is 12.1 Å². The van der Waals surface area contributed by atoms with E-state index in [0.717, 1.165) is 0 Å². The third-order valence-corrected chi connectivity index (χ3v) is 3.99. The molecule has 94 valence electrons. The SMILES string of the molecule is CC(C)n1nc(C(F)F)c2c1C(C)(F)C1CC21. The van der Waals surface area contributed by atoms with E-state index in [-0.39, 0.29) is 23.6 Å². The summed E-state index contributed by atoms with van der Waals surface area (Å²) in [7, 11) is 0. The molecule has 0 aliphatic heterocycles. The van der Waals surface area contributed by atoms with Crippen LogP contribution < -0.4 is 0 Å². The fourth-order valence-corrected chi connectivity index (χ4v) is 3.14. The summed E-state index contributed by atoms with van der Waals surface area (Å²) in [6.45, 7) is 5.17. The molecule has 1 heterocycles. The molecule has 0 saturated heterocycles. The van der Waals surface area contributed by atoms with Crippen LogP contribution >= 0.6 is 0 Å². The van der Waals surface area contributed by atoms with Gasteiger partial charge < -0.3 is 0 Å². The van der Waals surface area contributed by atoms with Crippen LogP contribution in [0.15, 0.2) is 0 Å². The van der Waals surface area contributed by atoms with Gasteiger partial charge in [-0.05, 0) is 33.1 Å². The van der Waals surface area contributed by atoms with Gasteiger partial charge in [0.25, 0.3) is 6.43 Å². The topological polar surface area (TPSA) is 17.8 Å². The highest BCUT2D eigenvalue weighted by atomic mass is 19.3. The van der Waals surface area contributed by atoms with Crippen molar-refractivity contribution in [1.29, 1.82) is 0 Å². The van der Waals surface area contributed by atoms with Gasteiger partial charge in [-0.2, -0.15) is 5.10 Å². The first-order chi connectivity index (χ1) is 7.85. The van der Waals surface area contributed by atoms with Crippen LogP contribution in [0.3, 0.4) is 0 Å². The Morgan fingerprint density at radius 3 is 2.59 bits per heavy atom. The molecule has 3 rings (SSSR count). The van der Waals surface area contributed by atoms with Crippen LogP contribution in [0.4, 0.5) is 13.2 Å². The monoisotopic (exact) mass is 244 g/mol. The number of hydrogen-bond donors (Lipinski definition) is 0. The molecule has 1 aromatic heterocycles. The van der Waals surface area contributed by atoms with Crippen LogP contribution in [0.2, 0.25) is 0 Å². The molecule has 2 aliphatic carbocycles. The lowest BCUT2D eigenvalue weighted by molar-refractivity contribution is 0.140. The van der Waals surface area contributed by atoms with E-state index in [4.69, 9.17) is 0 Å². The minimum atomic E-state index is -2.61. The summed E-state index contributed by atoms with van der Waals surface area (Å²) in [6.07, 6.45) is -1.93. The van der Waals surface area contributed by atoms with Crippen LogP contribution in [0.1, 0.15) is 62.5 Å². The zero-order chi connectivity index (χ0) is 12.5. The summed E-state index contributed by atoms with van der Waals surface area (Å²) in [4.78, 5) is 0. The Hall–Kier alpha value is -1.00. The van der Waals surface area contributed by atoms with Crippen molar-refractivity contribution in [2.24, 2.45) is 5.92 Å². The molecular formula is C12H15F3N2. The van der Waals surface area contributed by atoms with Crippen molar-refractivity contribution in [3.63, 3.8) is 0 Å². The van der Waals surface area contributed by atoms with Crippen molar-refractivity contribution in [3.05, 3.63) is 17.0 Å². The molecule has 0 N–H and O–H groups in total. The van der Waals surface area contributed by atoms with Crippen LogP contribution in [0.25, 0.3) is 0 Å². The molecule has 0 aromatic carbocycles. The van der Waals surface area contributed by atoms with E-state index in [9.17, 15) is 13.2 Å². The van der Waals surface area contributed by atoms with Gasteiger partial charge in [-0.25, -0.2) is 13.2 Å². The average molecular weight is 244 g/mol. The molecule has 0 radical (unpaired) electrons. The minimum absolute atomic E-state index is 0.0310. The van der Waals surface area contributed by atoms with E-state index in [1.165, 1.54) is 11.6 Å². The van der Waals surface area contributed by atoms with E-state index >= 15 is 0 Å². The lowest BCUT2D eigenvalue weighted by atomic mass is 10.0. The van der Waals surface area contributed by atoms with Crippen LogP contribution in [0.5, 0.6) is 0 Å². The molecular weight excluding hydrogens is 229 g/mol. The van der Waals surface area contributed by atoms with E-state index in [1.54, 1.807) is 0 Å². The number of fused-ring (bicyclic) bond motifs is 3. The van der Waals surface area contributed by atoms with Gasteiger partial charge in [0.15, 0.2) is 5.67 Å². The number of alkyl halides is 3. The van der Waals surface area contributed by atoms with Crippen LogP contribution in [-0.4, -0.2) is 9.78 Å². The Balaban J connectivity index is 2.23. The maximum Gasteiger partial charge on any atom is 0.282 e. The Morgan fingerprint density at radius 1 is 1.41 bits per heavy atom. The highest BCUT2D eigenvalue weighted by molar-refractivity contribution is 5.47. The molecule has 2 aliphatic rings. The lowest BCUT2D eigenvalue weighted by Gasteiger charge is -2.21. The number of rotatable bonds is 2. The Kier molecular flexibility index (Phi) is 2.00. The molecule has 0 spiro atoms. The van der Waals surface area contributed by atoms with Gasteiger partial charge in [-0.15, -0.1) is 0 Å². The third kappa shape index (κ3) is 1.25. The lowest BCUT2D eigenvalue weighted by Crippen LogP contribution is -2.22. The standard InChI is InChI=1S/C12H15F3N2/c1-5(2)17-10-8(9(16-17)11(13)14)6-4-7(6)12(10,3)15/h5-7,11H,4H2,1-3H3. The largest absolute Gasteiger partial charge is 0.282 e. The zero-order valence-corrected chi connectivity index (χ0v) is 10.0. The van der Waals surface area contributed by atoms with Gasteiger partial charge in [0.1, 0.15) is 5.69 Å². The maximum absolute atomic E-state index is 14.6. The van der Waals surface area contributed by atoms with Crippen molar-refractivity contribution in [1.82, 2.24) is 9.78 Å². The summed E-state index contributed by atoms with van der Waals surface area (Å²) in [5.74, 6) is -0.144. The van der Waals surface area contributed by atoms with Crippen LogP contribution in [0, 0.1) is 5.92 Å². The minimum Gasteiger partial charge on any atom is -0.263 e. The fraction of sp³-hybridized carbons (Fsp3) is 0.750. The average Bonchev–Trinajstić information content (AvgIpc) is 2.83. The Morgan fingerprint density at radius 2 is 2.06 bits per heavy atom. The van der Waals surface area contributed by atoms with Crippen LogP contribution in [-0.2, 0) is 5.67 Å². The van der Waals surface area contributed by atoms with Crippen molar-refractivity contribution in [2.75, 3.05) is 0 Å². The second kappa shape index (κ2) is 3.06. The van der Waals surface area contributed by atoms with Crippen molar-refractivity contribution < 1.29 is 13.2 Å². The molecule has 1 saturated carbocycles. The van der Waals surface area contributed by atoms with Gasteiger partial charge in [-0.3, -0.25) is 4.68 Å². The number of aromatic nitrogens is 2. The van der Waals surface area contributed by atoms with E-state index in [1.807, 2.05) is 13.8 Å². The third-order valence-electron chi connectivity index (χ3n) is 3.99. The number of halogens is 3. The normalized spacial score (nSPS) is 34.4. The molecule has 3 atom stereocenters. The summed E-state index contributed by atoms with van der Waals surface area (Å²) in [6, 6.07) is -0.0937. The molecule has 0 bridgehead atoms. The van der Waals surface area contributed by atoms with Gasteiger partial charge >= 0.3 is 0 Å². The van der Waals surface area contributed by atoms with Crippen molar-refractivity contribution in [2.45, 2.75) is 51.2 Å². The second-order valence-corrected chi connectivity index (χ2v) is 5.51. The first-order valence-electron chi connectivity index (χ1n) is 5.95. The highest BCUT2D eigenvalue weighted by Crippen LogP contribution is 2.67. The smallest absolute Gasteiger partial charge is 0.263 e. The van der Waals surface area contributed by atoms with Gasteiger partial charge in [0.2, 0.25) is 0 Å². The summed E-state index contributed by atoms with van der Waals surface area (Å²) in [5.41, 5.74) is -0.819. The zero-order valence-electron chi connectivity index (χ0n) is 10.0. The van der Waals surface area contributed by atoms with Crippen molar-refractivity contribution >= 4 is 0 Å². The number of nitrogens with zero attached hydrogens (tertiary/aromatic N) is 2. The first-order valence-corrected chi connectivity index (χ1v) is 5.95. The quantitative estimate of drug-likeness (QED) is 0.775. The molecule has 5 heteroatoms. The van der Waals surface area contributed by atoms with Gasteiger partial charge in [0.05, 0.1) is 5.69 Å².